The van der Waals surface area contributed by atoms with E-state index in [4.69, 9.17) is 9.72 Å². The van der Waals surface area contributed by atoms with E-state index in [1.165, 1.54) is 0 Å². The van der Waals surface area contributed by atoms with E-state index in [2.05, 4.69) is 34.7 Å². The quantitative estimate of drug-likeness (QED) is 0.472. The molecule has 0 saturated heterocycles. The summed E-state index contributed by atoms with van der Waals surface area (Å²) < 4.78 is 8.42. The van der Waals surface area contributed by atoms with Gasteiger partial charge in [0, 0.05) is 18.8 Å². The van der Waals surface area contributed by atoms with Crippen LogP contribution >= 0.6 is 0 Å². The summed E-state index contributed by atoms with van der Waals surface area (Å²) >= 11 is 0. The van der Waals surface area contributed by atoms with Crippen LogP contribution in [0.15, 0.2) is 60.9 Å². The molecule has 5 rings (SSSR count). The molecule has 0 spiro atoms. The van der Waals surface area contributed by atoms with Crippen molar-refractivity contribution in [3.8, 4) is 28.3 Å². The van der Waals surface area contributed by atoms with Crippen LogP contribution in [0.5, 0.6) is 11.5 Å². The lowest BCUT2D eigenvalue weighted by molar-refractivity contribution is 0.474. The summed E-state index contributed by atoms with van der Waals surface area (Å²) in [4.78, 5) is 8.84. The molecule has 2 aromatic heterocycles. The summed E-state index contributed by atoms with van der Waals surface area (Å²) in [7, 11) is 0. The van der Waals surface area contributed by atoms with Crippen molar-refractivity contribution in [2.24, 2.45) is 0 Å². The van der Waals surface area contributed by atoms with E-state index in [0.717, 1.165) is 51.6 Å². The molecular weight excluding hydrogens is 298 g/mol. The topological polar surface area (TPSA) is 39.9 Å². The molecule has 0 fully saturated rings. The normalized spacial score (nSPS) is 12.0. The van der Waals surface area contributed by atoms with Crippen molar-refractivity contribution in [3.05, 3.63) is 66.7 Å². The van der Waals surface area contributed by atoms with Gasteiger partial charge in [-0.3, -0.25) is 9.55 Å². The first-order valence-corrected chi connectivity index (χ1v) is 8.08. The molecule has 1 aliphatic rings. The maximum atomic E-state index is 6.19. The Hall–Kier alpha value is -3.14. The van der Waals surface area contributed by atoms with Gasteiger partial charge in [0.2, 0.25) is 0 Å². The van der Waals surface area contributed by atoms with Crippen LogP contribution in [0.3, 0.4) is 0 Å². The molecule has 0 unspecified atom stereocenters. The van der Waals surface area contributed by atoms with Gasteiger partial charge in [-0.15, -0.1) is 0 Å². The van der Waals surface area contributed by atoms with Gasteiger partial charge < -0.3 is 4.74 Å². The standard InChI is InChI=1S/C20H15N3O/c1-2-19-22-15-4-3-5-17-20(15)23(19)16-7-6-14(12-18(16)24-17)13-8-10-21-11-9-13/h3-12H,2H2,1H3. The molecule has 0 N–H and O–H groups in total. The molecule has 0 atom stereocenters. The van der Waals surface area contributed by atoms with E-state index >= 15 is 0 Å². The Labute approximate surface area is 139 Å². The minimum atomic E-state index is 0.858. The van der Waals surface area contributed by atoms with Crippen molar-refractivity contribution in [1.82, 2.24) is 14.5 Å². The predicted molar refractivity (Wildman–Crippen MR) is 93.8 cm³/mol. The molecule has 0 aliphatic carbocycles. The molecule has 4 nitrogen and oxygen atoms in total. The first-order chi connectivity index (χ1) is 11.8. The van der Waals surface area contributed by atoms with Crippen LogP contribution in [0.4, 0.5) is 0 Å². The third-order valence-electron chi connectivity index (χ3n) is 4.46. The molecule has 0 amide bonds. The SMILES string of the molecule is CCc1nc2cccc3c2n1-c1ccc(-c2ccncc2)cc1O3. The molecule has 4 heteroatoms. The molecule has 0 bridgehead atoms. The van der Waals surface area contributed by atoms with Gasteiger partial charge in [0.1, 0.15) is 11.3 Å². The number of hydrogen-bond donors (Lipinski definition) is 0. The first kappa shape index (κ1) is 13.3. The Morgan fingerprint density at radius 2 is 1.83 bits per heavy atom. The van der Waals surface area contributed by atoms with Crippen molar-refractivity contribution in [3.63, 3.8) is 0 Å². The number of aromatic nitrogens is 3. The third kappa shape index (κ3) is 1.80. The largest absolute Gasteiger partial charge is 0.453 e. The molecule has 3 heterocycles. The number of pyridine rings is 1. The summed E-state index contributed by atoms with van der Waals surface area (Å²) in [6.07, 6.45) is 4.48. The monoisotopic (exact) mass is 313 g/mol. The van der Waals surface area contributed by atoms with E-state index in [1.807, 2.05) is 30.3 Å². The number of imidazole rings is 1. The fraction of sp³-hybridized carbons (Fsp3) is 0.100. The van der Waals surface area contributed by atoms with Crippen molar-refractivity contribution >= 4 is 11.0 Å². The zero-order valence-corrected chi connectivity index (χ0v) is 13.2. The molecule has 0 radical (unpaired) electrons. The Bertz CT molecular complexity index is 1070. The van der Waals surface area contributed by atoms with Crippen LogP contribution in [0.25, 0.3) is 27.8 Å². The molecule has 24 heavy (non-hydrogen) atoms. The highest BCUT2D eigenvalue weighted by Crippen LogP contribution is 2.42. The second-order valence-electron chi connectivity index (χ2n) is 5.86. The lowest BCUT2D eigenvalue weighted by atomic mass is 10.1. The number of benzene rings is 2. The Morgan fingerprint density at radius 1 is 0.958 bits per heavy atom. The fourth-order valence-electron chi connectivity index (χ4n) is 3.35. The van der Waals surface area contributed by atoms with Crippen LogP contribution in [-0.4, -0.2) is 14.5 Å². The summed E-state index contributed by atoms with van der Waals surface area (Å²) in [6.45, 7) is 2.13. The van der Waals surface area contributed by atoms with Gasteiger partial charge in [-0.25, -0.2) is 4.98 Å². The van der Waals surface area contributed by atoms with E-state index in [-0.39, 0.29) is 0 Å². The average molecular weight is 313 g/mol. The van der Waals surface area contributed by atoms with Gasteiger partial charge in [-0.2, -0.15) is 0 Å². The van der Waals surface area contributed by atoms with Crippen molar-refractivity contribution in [1.29, 1.82) is 0 Å². The number of nitrogens with zero attached hydrogens (tertiary/aromatic N) is 3. The number of hydrogen-bond acceptors (Lipinski definition) is 3. The maximum Gasteiger partial charge on any atom is 0.153 e. The second kappa shape index (κ2) is 4.93. The highest BCUT2D eigenvalue weighted by Gasteiger charge is 2.23. The fourth-order valence-corrected chi connectivity index (χ4v) is 3.35. The lowest BCUT2D eigenvalue weighted by Crippen LogP contribution is -2.07. The molecule has 1 aliphatic heterocycles. The van der Waals surface area contributed by atoms with Crippen molar-refractivity contribution < 1.29 is 4.74 Å². The zero-order chi connectivity index (χ0) is 16.1. The van der Waals surface area contributed by atoms with E-state index in [9.17, 15) is 0 Å². The maximum absolute atomic E-state index is 6.19. The van der Waals surface area contributed by atoms with Crippen LogP contribution in [-0.2, 0) is 6.42 Å². The van der Waals surface area contributed by atoms with Crippen molar-refractivity contribution in [2.75, 3.05) is 0 Å². The summed E-state index contributed by atoms with van der Waals surface area (Å²) in [5.41, 5.74) is 5.32. The lowest BCUT2D eigenvalue weighted by Gasteiger charge is -2.21. The number of rotatable bonds is 2. The predicted octanol–water partition coefficient (Wildman–Crippen LogP) is 4.76. The van der Waals surface area contributed by atoms with Crippen LogP contribution < -0.4 is 4.74 Å². The minimum Gasteiger partial charge on any atom is -0.453 e. The second-order valence-corrected chi connectivity index (χ2v) is 5.86. The number of ether oxygens (including phenoxy) is 1. The van der Waals surface area contributed by atoms with Crippen LogP contribution in [0.1, 0.15) is 12.7 Å². The Balaban J connectivity index is 1.77. The summed E-state index contributed by atoms with van der Waals surface area (Å²) in [5, 5.41) is 0. The first-order valence-electron chi connectivity index (χ1n) is 8.08. The Morgan fingerprint density at radius 3 is 2.67 bits per heavy atom. The summed E-state index contributed by atoms with van der Waals surface area (Å²) in [6, 6.07) is 16.4. The minimum absolute atomic E-state index is 0.858. The van der Waals surface area contributed by atoms with Gasteiger partial charge in [0.25, 0.3) is 0 Å². The average Bonchev–Trinajstić information content (AvgIpc) is 3.03. The van der Waals surface area contributed by atoms with Gasteiger partial charge in [0.15, 0.2) is 11.5 Å². The van der Waals surface area contributed by atoms with Crippen molar-refractivity contribution in [2.45, 2.75) is 13.3 Å². The number of para-hydroxylation sites is 1. The van der Waals surface area contributed by atoms with Gasteiger partial charge >= 0.3 is 0 Å². The highest BCUT2D eigenvalue weighted by atomic mass is 16.5. The van der Waals surface area contributed by atoms with Crippen LogP contribution in [0, 0.1) is 0 Å². The van der Waals surface area contributed by atoms with Crippen LogP contribution in [0.2, 0.25) is 0 Å². The molecule has 0 saturated carbocycles. The number of aryl methyl sites for hydroxylation is 1. The third-order valence-corrected chi connectivity index (χ3v) is 4.46. The Kier molecular flexibility index (Phi) is 2.73. The highest BCUT2D eigenvalue weighted by molar-refractivity contribution is 5.87. The molecule has 116 valence electrons. The van der Waals surface area contributed by atoms with E-state index in [0.29, 0.717) is 0 Å². The molecular formula is C20H15N3O. The molecule has 4 aromatic rings. The summed E-state index contributed by atoms with van der Waals surface area (Å²) in [5.74, 6) is 2.77. The van der Waals surface area contributed by atoms with Gasteiger partial charge in [0.05, 0.1) is 11.2 Å². The molecule has 2 aromatic carbocycles. The van der Waals surface area contributed by atoms with E-state index < -0.39 is 0 Å². The smallest absolute Gasteiger partial charge is 0.153 e. The van der Waals surface area contributed by atoms with E-state index in [1.54, 1.807) is 12.4 Å². The zero-order valence-electron chi connectivity index (χ0n) is 13.2. The number of fused-ring (bicyclic) bond motifs is 2. The van der Waals surface area contributed by atoms with Gasteiger partial charge in [-0.1, -0.05) is 19.1 Å². The van der Waals surface area contributed by atoms with Gasteiger partial charge in [-0.05, 0) is 47.5 Å².